The van der Waals surface area contributed by atoms with Gasteiger partial charge in [-0.15, -0.1) is 0 Å². The molecule has 0 radical (unpaired) electrons. The predicted molar refractivity (Wildman–Crippen MR) is 87.5 cm³/mol. The molecule has 0 aromatic heterocycles. The summed E-state index contributed by atoms with van der Waals surface area (Å²) in [4.78, 5) is 25.2. The lowest BCUT2D eigenvalue weighted by atomic mass is 9.88. The van der Waals surface area contributed by atoms with Gasteiger partial charge in [0.2, 0.25) is 5.91 Å². The van der Waals surface area contributed by atoms with Gasteiger partial charge in [0.25, 0.3) is 0 Å². The van der Waals surface area contributed by atoms with Gasteiger partial charge in [-0.05, 0) is 43.7 Å². The predicted octanol–water partition coefficient (Wildman–Crippen LogP) is 2.59. The molecule has 0 spiro atoms. The Morgan fingerprint density at radius 2 is 1.96 bits per heavy atom. The normalized spacial score (nSPS) is 15.6. The standard InChI is InChI=1S/C18H25NO4/c1-2-23-12-9-17(20)19-10-7-14(8-11-19)13-15-5-3-4-6-16(15)18(21)22/h3-6,14H,2,7-13H2,1H3,(H,21,22). The molecule has 0 unspecified atom stereocenters. The van der Waals surface area contributed by atoms with Crippen molar-refractivity contribution in [2.24, 2.45) is 5.92 Å². The first kappa shape index (κ1) is 17.5. The van der Waals surface area contributed by atoms with Crippen LogP contribution in [-0.4, -0.2) is 48.2 Å². The molecule has 0 saturated carbocycles. The van der Waals surface area contributed by atoms with E-state index >= 15 is 0 Å². The van der Waals surface area contributed by atoms with Crippen LogP contribution in [0.15, 0.2) is 24.3 Å². The Hall–Kier alpha value is -1.88. The van der Waals surface area contributed by atoms with Crippen LogP contribution < -0.4 is 0 Å². The van der Waals surface area contributed by atoms with Gasteiger partial charge in [-0.2, -0.15) is 0 Å². The van der Waals surface area contributed by atoms with Gasteiger partial charge in [0.1, 0.15) is 0 Å². The van der Waals surface area contributed by atoms with E-state index in [1.165, 1.54) is 0 Å². The summed E-state index contributed by atoms with van der Waals surface area (Å²) in [7, 11) is 0. The van der Waals surface area contributed by atoms with E-state index in [4.69, 9.17) is 4.74 Å². The molecule has 5 nitrogen and oxygen atoms in total. The van der Waals surface area contributed by atoms with E-state index < -0.39 is 5.97 Å². The number of carboxylic acids is 1. The molecule has 1 amide bonds. The van der Waals surface area contributed by atoms with Crippen LogP contribution in [0.25, 0.3) is 0 Å². The molecule has 23 heavy (non-hydrogen) atoms. The van der Waals surface area contributed by atoms with Gasteiger partial charge in [0, 0.05) is 19.7 Å². The van der Waals surface area contributed by atoms with Crippen molar-refractivity contribution in [3.8, 4) is 0 Å². The lowest BCUT2D eigenvalue weighted by molar-refractivity contribution is -0.133. The number of rotatable bonds is 7. The van der Waals surface area contributed by atoms with E-state index in [0.29, 0.717) is 31.1 Å². The smallest absolute Gasteiger partial charge is 0.335 e. The average Bonchev–Trinajstić information content (AvgIpc) is 2.56. The molecule has 5 heteroatoms. The van der Waals surface area contributed by atoms with Crippen LogP contribution in [0.5, 0.6) is 0 Å². The molecule has 1 heterocycles. The summed E-state index contributed by atoms with van der Waals surface area (Å²) in [5, 5.41) is 9.25. The van der Waals surface area contributed by atoms with Crippen molar-refractivity contribution in [2.75, 3.05) is 26.3 Å². The summed E-state index contributed by atoms with van der Waals surface area (Å²) < 4.78 is 5.23. The average molecular weight is 319 g/mol. The van der Waals surface area contributed by atoms with Crippen molar-refractivity contribution in [1.29, 1.82) is 0 Å². The Balaban J connectivity index is 1.83. The highest BCUT2D eigenvalue weighted by Crippen LogP contribution is 2.23. The molecule has 1 fully saturated rings. The van der Waals surface area contributed by atoms with E-state index in [0.717, 1.165) is 37.9 Å². The highest BCUT2D eigenvalue weighted by molar-refractivity contribution is 5.89. The Bertz CT molecular complexity index is 536. The van der Waals surface area contributed by atoms with Crippen molar-refractivity contribution in [3.05, 3.63) is 35.4 Å². The fourth-order valence-electron chi connectivity index (χ4n) is 3.07. The number of hydrogen-bond donors (Lipinski definition) is 1. The lowest BCUT2D eigenvalue weighted by Gasteiger charge is -2.32. The number of aromatic carboxylic acids is 1. The molecule has 0 bridgehead atoms. The summed E-state index contributed by atoms with van der Waals surface area (Å²) in [6.07, 6.45) is 3.06. The van der Waals surface area contributed by atoms with E-state index in [1.54, 1.807) is 12.1 Å². The highest BCUT2D eigenvalue weighted by Gasteiger charge is 2.23. The third-order valence-electron chi connectivity index (χ3n) is 4.39. The summed E-state index contributed by atoms with van der Waals surface area (Å²) in [5.41, 5.74) is 1.28. The van der Waals surface area contributed by atoms with Crippen molar-refractivity contribution >= 4 is 11.9 Å². The number of amides is 1. The third kappa shape index (κ3) is 5.06. The minimum atomic E-state index is -0.871. The molecular formula is C18H25NO4. The van der Waals surface area contributed by atoms with Crippen LogP contribution in [0.1, 0.15) is 42.1 Å². The van der Waals surface area contributed by atoms with E-state index in [9.17, 15) is 14.7 Å². The van der Waals surface area contributed by atoms with Gasteiger partial charge in [-0.25, -0.2) is 4.79 Å². The zero-order chi connectivity index (χ0) is 16.7. The Morgan fingerprint density at radius 1 is 1.26 bits per heavy atom. The number of carbonyl (C=O) groups excluding carboxylic acids is 1. The number of nitrogens with zero attached hydrogens (tertiary/aromatic N) is 1. The van der Waals surface area contributed by atoms with Crippen LogP contribution in [0, 0.1) is 5.92 Å². The summed E-state index contributed by atoms with van der Waals surface area (Å²) >= 11 is 0. The molecule has 1 aliphatic heterocycles. The van der Waals surface area contributed by atoms with Crippen molar-refractivity contribution in [3.63, 3.8) is 0 Å². The number of ether oxygens (including phenoxy) is 1. The maximum absolute atomic E-state index is 12.0. The molecule has 1 aromatic rings. The molecule has 2 rings (SSSR count). The minimum Gasteiger partial charge on any atom is -0.478 e. The van der Waals surface area contributed by atoms with Gasteiger partial charge >= 0.3 is 5.97 Å². The SMILES string of the molecule is CCOCCC(=O)N1CCC(Cc2ccccc2C(=O)O)CC1. The van der Waals surface area contributed by atoms with Crippen molar-refractivity contribution < 1.29 is 19.4 Å². The van der Waals surface area contributed by atoms with Gasteiger partial charge in [0.15, 0.2) is 0 Å². The summed E-state index contributed by atoms with van der Waals surface area (Å²) in [5.74, 6) is -0.279. The second-order valence-corrected chi connectivity index (χ2v) is 5.94. The number of benzene rings is 1. The van der Waals surface area contributed by atoms with E-state index in [1.807, 2.05) is 24.0 Å². The monoisotopic (exact) mass is 319 g/mol. The maximum atomic E-state index is 12.0. The van der Waals surface area contributed by atoms with Crippen LogP contribution in [0.4, 0.5) is 0 Å². The number of piperidine rings is 1. The van der Waals surface area contributed by atoms with Gasteiger partial charge in [-0.1, -0.05) is 18.2 Å². The fourth-order valence-corrected chi connectivity index (χ4v) is 3.07. The second kappa shape index (κ2) is 8.67. The van der Waals surface area contributed by atoms with Gasteiger partial charge in [0.05, 0.1) is 18.6 Å². The number of carbonyl (C=O) groups is 2. The largest absolute Gasteiger partial charge is 0.478 e. The van der Waals surface area contributed by atoms with Crippen LogP contribution in [0.2, 0.25) is 0 Å². The fraction of sp³-hybridized carbons (Fsp3) is 0.556. The molecule has 1 N–H and O–H groups in total. The zero-order valence-electron chi connectivity index (χ0n) is 13.7. The summed E-state index contributed by atoms with van der Waals surface area (Å²) in [6, 6.07) is 7.19. The minimum absolute atomic E-state index is 0.155. The first-order valence-electron chi connectivity index (χ1n) is 8.28. The molecule has 0 atom stereocenters. The number of likely N-dealkylation sites (tertiary alicyclic amines) is 1. The van der Waals surface area contributed by atoms with Crippen LogP contribution >= 0.6 is 0 Å². The van der Waals surface area contributed by atoms with E-state index in [2.05, 4.69) is 0 Å². The topological polar surface area (TPSA) is 66.8 Å². The molecule has 0 aliphatic carbocycles. The Morgan fingerprint density at radius 3 is 2.61 bits per heavy atom. The zero-order valence-corrected chi connectivity index (χ0v) is 13.7. The Labute approximate surface area is 137 Å². The van der Waals surface area contributed by atoms with Gasteiger partial charge in [-0.3, -0.25) is 4.79 Å². The first-order valence-corrected chi connectivity index (χ1v) is 8.28. The molecule has 1 aromatic carbocycles. The quantitative estimate of drug-likeness (QED) is 0.785. The lowest BCUT2D eigenvalue weighted by Crippen LogP contribution is -2.39. The molecule has 1 aliphatic rings. The van der Waals surface area contributed by atoms with Crippen molar-refractivity contribution in [1.82, 2.24) is 4.90 Å². The van der Waals surface area contributed by atoms with Gasteiger partial charge < -0.3 is 14.7 Å². The maximum Gasteiger partial charge on any atom is 0.335 e. The number of carboxylic acid groups (broad SMARTS) is 1. The summed E-state index contributed by atoms with van der Waals surface area (Å²) in [6.45, 7) is 4.56. The second-order valence-electron chi connectivity index (χ2n) is 5.94. The molecule has 126 valence electrons. The van der Waals surface area contributed by atoms with Crippen LogP contribution in [-0.2, 0) is 16.0 Å². The van der Waals surface area contributed by atoms with E-state index in [-0.39, 0.29) is 5.91 Å². The first-order chi connectivity index (χ1) is 11.1. The van der Waals surface area contributed by atoms with Crippen molar-refractivity contribution in [2.45, 2.75) is 32.6 Å². The molecule has 1 saturated heterocycles. The molecular weight excluding hydrogens is 294 g/mol. The van der Waals surface area contributed by atoms with Crippen LogP contribution in [0.3, 0.4) is 0 Å². The Kier molecular flexibility index (Phi) is 6.59. The third-order valence-corrected chi connectivity index (χ3v) is 4.39. The highest BCUT2D eigenvalue weighted by atomic mass is 16.5. The number of hydrogen-bond acceptors (Lipinski definition) is 3.